The average Bonchev–Trinajstić information content (AvgIpc) is 3.25. The summed E-state index contributed by atoms with van der Waals surface area (Å²) in [6, 6.07) is 11.3. The van der Waals surface area contributed by atoms with Crippen LogP contribution in [0.1, 0.15) is 31.0 Å². The average molecular weight is 455 g/mol. The number of fused-ring (bicyclic) bond motifs is 1. The van der Waals surface area contributed by atoms with Crippen LogP contribution in [0.5, 0.6) is 11.5 Å². The highest BCUT2D eigenvalue weighted by molar-refractivity contribution is 8.16. The van der Waals surface area contributed by atoms with Crippen LogP contribution in [0.4, 0.5) is 4.39 Å². The third kappa shape index (κ3) is 4.36. The summed E-state index contributed by atoms with van der Waals surface area (Å²) in [6.07, 6.45) is 1.91. The van der Waals surface area contributed by atoms with Crippen molar-refractivity contribution in [3.05, 3.63) is 82.3 Å². The molecule has 0 saturated heterocycles. The number of ether oxygens (including phenoxy) is 3. The van der Waals surface area contributed by atoms with Crippen molar-refractivity contribution in [2.24, 2.45) is 4.99 Å². The maximum Gasteiger partial charge on any atom is 0.338 e. The van der Waals surface area contributed by atoms with Crippen LogP contribution in [0.15, 0.2) is 70.3 Å². The van der Waals surface area contributed by atoms with Crippen molar-refractivity contribution in [3.63, 3.8) is 0 Å². The van der Waals surface area contributed by atoms with Gasteiger partial charge in [-0.3, -0.25) is 0 Å². The van der Waals surface area contributed by atoms with E-state index in [1.807, 2.05) is 41.6 Å². The molecule has 32 heavy (non-hydrogen) atoms. The second-order valence-corrected chi connectivity index (χ2v) is 8.03. The molecule has 0 aliphatic carbocycles. The van der Waals surface area contributed by atoms with Gasteiger partial charge in [-0.1, -0.05) is 30.0 Å². The van der Waals surface area contributed by atoms with E-state index >= 15 is 0 Å². The Bertz CT molecular complexity index is 1110. The van der Waals surface area contributed by atoms with Crippen LogP contribution in [0.2, 0.25) is 0 Å². The van der Waals surface area contributed by atoms with Gasteiger partial charge in [-0.2, -0.15) is 0 Å². The summed E-state index contributed by atoms with van der Waals surface area (Å²) in [6.45, 7) is 4.15. The van der Waals surface area contributed by atoms with E-state index in [4.69, 9.17) is 14.2 Å². The molecule has 0 bridgehead atoms. The normalized spacial score (nSPS) is 17.2. The van der Waals surface area contributed by atoms with Gasteiger partial charge >= 0.3 is 5.97 Å². The molecule has 0 radical (unpaired) electrons. The lowest BCUT2D eigenvalue weighted by Crippen LogP contribution is -2.34. The van der Waals surface area contributed by atoms with Gasteiger partial charge in [0.1, 0.15) is 12.4 Å². The van der Waals surface area contributed by atoms with Gasteiger partial charge in [0.2, 0.25) is 0 Å². The second kappa shape index (κ2) is 9.48. The fourth-order valence-electron chi connectivity index (χ4n) is 3.61. The Morgan fingerprint density at radius 2 is 1.97 bits per heavy atom. The van der Waals surface area contributed by atoms with Gasteiger partial charge < -0.3 is 19.1 Å². The Morgan fingerprint density at radius 1 is 1.19 bits per heavy atom. The van der Waals surface area contributed by atoms with Gasteiger partial charge in [-0.15, -0.1) is 0 Å². The van der Waals surface area contributed by atoms with E-state index in [1.165, 1.54) is 23.9 Å². The smallest absolute Gasteiger partial charge is 0.338 e. The minimum atomic E-state index is -0.396. The number of carbonyl (C=O) groups is 1. The van der Waals surface area contributed by atoms with Crippen molar-refractivity contribution in [2.75, 3.05) is 13.7 Å². The van der Waals surface area contributed by atoms with Crippen LogP contribution in [0.25, 0.3) is 0 Å². The number of esters is 1. The molecule has 0 fully saturated rings. The zero-order valence-electron chi connectivity index (χ0n) is 18.0. The van der Waals surface area contributed by atoms with Gasteiger partial charge in [0.15, 0.2) is 16.7 Å². The molecular formula is C24H23FN2O4S. The fraction of sp³-hybridized carbons (Fsp3) is 0.250. The Morgan fingerprint density at radius 3 is 2.69 bits per heavy atom. The first-order chi connectivity index (χ1) is 15.5. The molecular weight excluding hydrogens is 431 g/mol. The highest BCUT2D eigenvalue weighted by Gasteiger charge is 2.37. The second-order valence-electron chi connectivity index (χ2n) is 7.15. The van der Waals surface area contributed by atoms with E-state index in [-0.39, 0.29) is 19.0 Å². The van der Waals surface area contributed by atoms with E-state index in [9.17, 15) is 9.18 Å². The summed E-state index contributed by atoms with van der Waals surface area (Å²) in [5.41, 5.74) is 2.81. The number of thioether (sulfide) groups is 1. The molecule has 0 unspecified atom stereocenters. The van der Waals surface area contributed by atoms with Crippen LogP contribution < -0.4 is 9.47 Å². The van der Waals surface area contributed by atoms with E-state index < -0.39 is 12.0 Å². The molecule has 2 aliphatic heterocycles. The molecule has 0 spiro atoms. The minimum absolute atomic E-state index is 0.273. The number of halogens is 1. The summed E-state index contributed by atoms with van der Waals surface area (Å²) < 4.78 is 29.9. The first-order valence-electron chi connectivity index (χ1n) is 10.1. The fourth-order valence-corrected chi connectivity index (χ4v) is 4.40. The maximum absolute atomic E-state index is 13.1. The van der Waals surface area contributed by atoms with E-state index in [0.29, 0.717) is 22.8 Å². The number of rotatable bonds is 7. The van der Waals surface area contributed by atoms with Gasteiger partial charge in [0.05, 0.1) is 31.0 Å². The van der Waals surface area contributed by atoms with Crippen LogP contribution in [-0.4, -0.2) is 29.8 Å². The first-order valence-corrected chi connectivity index (χ1v) is 11.0. The summed E-state index contributed by atoms with van der Waals surface area (Å²) in [5, 5.41) is 2.74. The van der Waals surface area contributed by atoms with Gasteiger partial charge in [-0.05, 0) is 54.6 Å². The predicted molar refractivity (Wildman–Crippen MR) is 122 cm³/mol. The Labute approximate surface area is 190 Å². The third-order valence-electron chi connectivity index (χ3n) is 5.13. The van der Waals surface area contributed by atoms with Crippen LogP contribution in [0.3, 0.4) is 0 Å². The standard InChI is InChI=1S/C24H23FN2O4S/c1-4-30-23(28)21-15(2)26-24-27(11-12-32-24)22(21)17-7-10-19(20(13-17)29-3)31-14-16-5-8-18(25)9-6-16/h5-13,22H,4,14H2,1-3H3/t22-/m0/s1. The molecule has 2 aliphatic rings. The molecule has 0 amide bonds. The summed E-state index contributed by atoms with van der Waals surface area (Å²) in [5.74, 6) is 0.403. The number of methoxy groups -OCH3 is 1. The molecule has 2 aromatic rings. The Hall–Kier alpha value is -3.26. The molecule has 166 valence electrons. The van der Waals surface area contributed by atoms with Crippen molar-refractivity contribution >= 4 is 22.9 Å². The first kappa shape index (κ1) is 22.0. The third-order valence-corrected chi connectivity index (χ3v) is 5.90. The molecule has 6 nitrogen and oxygen atoms in total. The number of nitrogens with zero attached hydrogens (tertiary/aromatic N) is 2. The number of benzene rings is 2. The van der Waals surface area contributed by atoms with E-state index in [0.717, 1.165) is 16.3 Å². The van der Waals surface area contributed by atoms with Crippen molar-refractivity contribution in [1.29, 1.82) is 0 Å². The minimum Gasteiger partial charge on any atom is -0.493 e. The molecule has 8 heteroatoms. The van der Waals surface area contributed by atoms with Crippen molar-refractivity contribution in [2.45, 2.75) is 26.5 Å². The zero-order chi connectivity index (χ0) is 22.7. The number of hydrogen-bond donors (Lipinski definition) is 0. The van der Waals surface area contributed by atoms with Crippen LogP contribution in [-0.2, 0) is 16.1 Å². The van der Waals surface area contributed by atoms with Gasteiger partial charge in [-0.25, -0.2) is 14.2 Å². The Kier molecular flexibility index (Phi) is 6.50. The SMILES string of the molecule is CCOC(=O)C1=C(C)N=C2SC=CN2[C@H]1c1ccc(OCc2ccc(F)cc2)c(OC)c1. The van der Waals surface area contributed by atoms with Gasteiger partial charge in [0.25, 0.3) is 0 Å². The van der Waals surface area contributed by atoms with Crippen molar-refractivity contribution in [1.82, 2.24) is 4.90 Å². The predicted octanol–water partition coefficient (Wildman–Crippen LogP) is 5.18. The summed E-state index contributed by atoms with van der Waals surface area (Å²) >= 11 is 1.50. The number of allylic oxidation sites excluding steroid dienone is 1. The zero-order valence-corrected chi connectivity index (χ0v) is 18.8. The van der Waals surface area contributed by atoms with Crippen molar-refractivity contribution < 1.29 is 23.4 Å². The van der Waals surface area contributed by atoms with Gasteiger partial charge in [0, 0.05) is 6.20 Å². The lowest BCUT2D eigenvalue weighted by Gasteiger charge is -2.33. The topological polar surface area (TPSA) is 60.4 Å². The monoisotopic (exact) mass is 454 g/mol. The molecule has 4 rings (SSSR count). The lowest BCUT2D eigenvalue weighted by atomic mass is 9.94. The van der Waals surface area contributed by atoms with E-state index in [2.05, 4.69) is 4.99 Å². The number of hydrogen-bond acceptors (Lipinski definition) is 7. The van der Waals surface area contributed by atoms with Crippen molar-refractivity contribution in [3.8, 4) is 11.5 Å². The summed E-state index contributed by atoms with van der Waals surface area (Å²) in [4.78, 5) is 19.3. The number of aliphatic imine (C=N–C) groups is 1. The number of amidine groups is 1. The van der Waals surface area contributed by atoms with E-state index in [1.54, 1.807) is 26.2 Å². The quantitative estimate of drug-likeness (QED) is 0.537. The molecule has 2 aromatic carbocycles. The molecule has 0 aromatic heterocycles. The molecule has 0 N–H and O–H groups in total. The number of carbonyl (C=O) groups excluding carboxylic acids is 1. The lowest BCUT2D eigenvalue weighted by molar-refractivity contribution is -0.139. The molecule has 2 heterocycles. The highest BCUT2D eigenvalue weighted by Crippen LogP contribution is 2.43. The van der Waals surface area contributed by atoms with Crippen LogP contribution in [0, 0.1) is 5.82 Å². The summed E-state index contributed by atoms with van der Waals surface area (Å²) in [7, 11) is 1.57. The molecule has 0 saturated carbocycles. The van der Waals surface area contributed by atoms with Crippen LogP contribution >= 0.6 is 11.8 Å². The highest BCUT2D eigenvalue weighted by atomic mass is 32.2. The maximum atomic E-state index is 13.1. The molecule has 1 atom stereocenters. The Balaban J connectivity index is 1.65. The largest absolute Gasteiger partial charge is 0.493 e.